The van der Waals surface area contributed by atoms with Crippen molar-refractivity contribution >= 4 is 26.8 Å². The predicted molar refractivity (Wildman–Crippen MR) is 129 cm³/mol. The number of aliphatic hydroxyl groups is 1. The van der Waals surface area contributed by atoms with E-state index in [1.807, 2.05) is 0 Å². The lowest BCUT2D eigenvalue weighted by molar-refractivity contribution is -0.137. The minimum Gasteiger partial charge on any atom is -0.455 e. The van der Waals surface area contributed by atoms with E-state index >= 15 is 0 Å². The number of hydrogen-bond acceptors (Lipinski definition) is 4. The molecule has 1 heterocycles. The molecule has 3 aromatic carbocycles. The largest absolute Gasteiger partial charge is 0.455 e. The number of aromatic nitrogens is 1. The lowest BCUT2D eigenvalue weighted by atomic mass is 10.0. The second-order valence-corrected chi connectivity index (χ2v) is 8.88. The molecule has 182 valence electrons. The van der Waals surface area contributed by atoms with Crippen LogP contribution in [0.4, 0.5) is 17.6 Å². The first-order valence-electron chi connectivity index (χ1n) is 10.7. The van der Waals surface area contributed by atoms with Gasteiger partial charge < -0.3 is 9.84 Å². The van der Waals surface area contributed by atoms with Crippen LogP contribution in [-0.4, -0.2) is 16.6 Å². The molecule has 0 radical (unpaired) electrons. The van der Waals surface area contributed by atoms with E-state index in [1.165, 1.54) is 18.3 Å². The summed E-state index contributed by atoms with van der Waals surface area (Å²) in [7, 11) is 0. The molecule has 2 N–H and O–H groups in total. The van der Waals surface area contributed by atoms with Crippen molar-refractivity contribution in [2.75, 3.05) is 6.54 Å². The van der Waals surface area contributed by atoms with Crippen molar-refractivity contribution in [1.29, 1.82) is 0 Å². The molecule has 0 spiro atoms. The Kier molecular flexibility index (Phi) is 7.39. The number of aliphatic hydroxyl groups excluding tert-OH is 1. The molecule has 2 atom stereocenters. The van der Waals surface area contributed by atoms with Crippen molar-refractivity contribution < 1.29 is 27.4 Å². The number of ether oxygens (including phenoxy) is 1. The van der Waals surface area contributed by atoms with E-state index < -0.39 is 24.1 Å². The quantitative estimate of drug-likeness (QED) is 0.186. The molecule has 4 nitrogen and oxygen atoms in total. The summed E-state index contributed by atoms with van der Waals surface area (Å²) in [6, 6.07) is 16.5. The first-order chi connectivity index (χ1) is 16.6. The third-order valence-electron chi connectivity index (χ3n) is 5.50. The Bertz CT molecular complexity index is 1350. The van der Waals surface area contributed by atoms with Crippen LogP contribution in [0.1, 0.15) is 34.7 Å². The summed E-state index contributed by atoms with van der Waals surface area (Å²) in [6.45, 7) is 1.59. The van der Waals surface area contributed by atoms with Crippen molar-refractivity contribution in [3.05, 3.63) is 99.7 Å². The number of para-hydroxylation sites is 1. The van der Waals surface area contributed by atoms with Gasteiger partial charge in [0, 0.05) is 22.0 Å². The molecule has 0 aliphatic rings. The second kappa shape index (κ2) is 10.3. The Morgan fingerprint density at radius 2 is 1.83 bits per heavy atom. The van der Waals surface area contributed by atoms with Gasteiger partial charge in [-0.25, -0.2) is 4.39 Å². The lowest BCUT2D eigenvalue weighted by Gasteiger charge is -2.21. The summed E-state index contributed by atoms with van der Waals surface area (Å²) >= 11 is 3.35. The third-order valence-corrected chi connectivity index (χ3v) is 6.00. The fraction of sp³-hybridized carbons (Fsp3) is 0.192. The number of fused-ring (bicyclic) bond motifs is 1. The van der Waals surface area contributed by atoms with Crippen LogP contribution in [0.5, 0.6) is 11.5 Å². The fourth-order valence-corrected chi connectivity index (χ4v) is 4.26. The average Bonchev–Trinajstić information content (AvgIpc) is 2.82. The highest BCUT2D eigenvalue weighted by Gasteiger charge is 2.31. The number of pyridine rings is 1. The van der Waals surface area contributed by atoms with Gasteiger partial charge in [-0.05, 0) is 54.4 Å². The first-order valence-corrected chi connectivity index (χ1v) is 11.5. The van der Waals surface area contributed by atoms with E-state index in [9.17, 15) is 22.7 Å². The Morgan fingerprint density at radius 3 is 2.57 bits per heavy atom. The van der Waals surface area contributed by atoms with E-state index in [-0.39, 0.29) is 23.6 Å². The van der Waals surface area contributed by atoms with Crippen molar-refractivity contribution in [3.8, 4) is 11.5 Å². The number of nitrogens with zero attached hydrogens (tertiary/aromatic N) is 1. The smallest absolute Gasteiger partial charge is 0.416 e. The normalized spacial score (nSPS) is 13.6. The molecule has 4 aromatic rings. The second-order valence-electron chi connectivity index (χ2n) is 7.96. The van der Waals surface area contributed by atoms with Crippen LogP contribution < -0.4 is 10.1 Å². The number of nitrogens with one attached hydrogen (secondary N) is 1. The molecule has 0 fully saturated rings. The molecule has 1 unspecified atom stereocenters. The summed E-state index contributed by atoms with van der Waals surface area (Å²) in [5.74, 6) is -0.0162. The molecule has 0 saturated carbocycles. The summed E-state index contributed by atoms with van der Waals surface area (Å²) < 4.78 is 60.9. The highest BCUT2D eigenvalue weighted by atomic mass is 79.9. The monoisotopic (exact) mass is 548 g/mol. The maximum absolute atomic E-state index is 15.0. The van der Waals surface area contributed by atoms with Crippen molar-refractivity contribution in [2.45, 2.75) is 25.5 Å². The molecule has 9 heteroatoms. The Labute approximate surface area is 207 Å². The molecule has 1 aromatic heterocycles. The zero-order valence-electron chi connectivity index (χ0n) is 18.5. The van der Waals surface area contributed by atoms with Crippen molar-refractivity contribution in [1.82, 2.24) is 10.3 Å². The van der Waals surface area contributed by atoms with Gasteiger partial charge in [0.05, 0.1) is 17.3 Å². The molecular formula is C26H21BrF4N2O2. The number of rotatable bonds is 7. The number of halogens is 5. The molecule has 0 bridgehead atoms. The Morgan fingerprint density at radius 1 is 1.06 bits per heavy atom. The van der Waals surface area contributed by atoms with Crippen LogP contribution in [-0.2, 0) is 6.18 Å². The van der Waals surface area contributed by atoms with Gasteiger partial charge in [0.25, 0.3) is 0 Å². The maximum atomic E-state index is 15.0. The Balaban J connectivity index is 1.63. The van der Waals surface area contributed by atoms with Crippen LogP contribution in [0.25, 0.3) is 10.9 Å². The van der Waals surface area contributed by atoms with Gasteiger partial charge in [0.2, 0.25) is 0 Å². The van der Waals surface area contributed by atoms with E-state index in [0.29, 0.717) is 16.5 Å². The van der Waals surface area contributed by atoms with Crippen molar-refractivity contribution in [2.24, 2.45) is 0 Å². The molecule has 4 rings (SSSR count). The summed E-state index contributed by atoms with van der Waals surface area (Å²) in [5, 5.41) is 14.3. The first kappa shape index (κ1) is 25.1. The van der Waals surface area contributed by atoms with Crippen LogP contribution >= 0.6 is 15.9 Å². The van der Waals surface area contributed by atoms with Gasteiger partial charge in [-0.3, -0.25) is 10.3 Å². The van der Waals surface area contributed by atoms with E-state index in [4.69, 9.17) is 4.74 Å². The van der Waals surface area contributed by atoms with Gasteiger partial charge in [-0.2, -0.15) is 13.2 Å². The Hall–Kier alpha value is -3.01. The fourth-order valence-electron chi connectivity index (χ4n) is 3.79. The predicted octanol–water partition coefficient (Wildman–Crippen LogP) is 7.41. The highest BCUT2D eigenvalue weighted by Crippen LogP contribution is 2.37. The van der Waals surface area contributed by atoms with Crippen LogP contribution in [0, 0.1) is 6.92 Å². The molecule has 0 aliphatic heterocycles. The molecule has 35 heavy (non-hydrogen) atoms. The summed E-state index contributed by atoms with van der Waals surface area (Å²) in [6.07, 6.45) is -5.99. The minimum atomic E-state index is -4.54. The minimum absolute atomic E-state index is 0.0539. The molecular weight excluding hydrogens is 528 g/mol. The van der Waals surface area contributed by atoms with E-state index in [1.54, 1.807) is 49.4 Å². The van der Waals surface area contributed by atoms with Gasteiger partial charge in [-0.1, -0.05) is 46.3 Å². The van der Waals surface area contributed by atoms with E-state index in [0.717, 1.165) is 22.2 Å². The zero-order chi connectivity index (χ0) is 25.2. The summed E-state index contributed by atoms with van der Waals surface area (Å²) in [4.78, 5) is 4.29. The van der Waals surface area contributed by atoms with Crippen LogP contribution in [0.15, 0.2) is 77.4 Å². The van der Waals surface area contributed by atoms with E-state index in [2.05, 4.69) is 26.2 Å². The van der Waals surface area contributed by atoms with Crippen molar-refractivity contribution in [3.63, 3.8) is 0 Å². The topological polar surface area (TPSA) is 54.4 Å². The van der Waals surface area contributed by atoms with Crippen LogP contribution in [0.3, 0.4) is 0 Å². The number of alkyl halides is 4. The molecule has 0 saturated heterocycles. The SMILES string of the molecule is Cc1cc(Br)ccc1[C@@H](F)CNC(O)c1c(Oc2cccc(C(F)(F)F)c2)cnc2ccccc12. The molecule has 0 amide bonds. The highest BCUT2D eigenvalue weighted by molar-refractivity contribution is 9.10. The molecule has 0 aliphatic carbocycles. The summed E-state index contributed by atoms with van der Waals surface area (Å²) in [5.41, 5.74) is 1.15. The van der Waals surface area contributed by atoms with Gasteiger partial charge in [-0.15, -0.1) is 0 Å². The lowest BCUT2D eigenvalue weighted by Crippen LogP contribution is -2.26. The number of aryl methyl sites for hydroxylation is 1. The van der Waals surface area contributed by atoms with Gasteiger partial charge >= 0.3 is 6.18 Å². The number of benzene rings is 3. The van der Waals surface area contributed by atoms with Gasteiger partial charge in [0.15, 0.2) is 5.75 Å². The maximum Gasteiger partial charge on any atom is 0.416 e. The van der Waals surface area contributed by atoms with Gasteiger partial charge in [0.1, 0.15) is 18.1 Å². The van der Waals surface area contributed by atoms with Crippen LogP contribution in [0.2, 0.25) is 0 Å². The number of hydrogen-bond donors (Lipinski definition) is 2. The standard InChI is InChI=1S/C26H21BrF4N2O2/c1-15-11-17(27)9-10-19(15)21(28)13-33-25(34)24-20-7-2-3-8-22(20)32-14-23(24)35-18-6-4-5-16(12-18)26(29,30)31/h2-12,14,21,25,33-34H,13H2,1H3/t21-,25?/m0/s1. The third kappa shape index (κ3) is 5.80. The average molecular weight is 549 g/mol. The zero-order valence-corrected chi connectivity index (χ0v) is 20.1.